The van der Waals surface area contributed by atoms with Gasteiger partial charge >= 0.3 is 0 Å². The lowest BCUT2D eigenvalue weighted by molar-refractivity contribution is 0.527. The predicted molar refractivity (Wildman–Crippen MR) is 646 cm³/mol. The Hall–Kier alpha value is -10.3. The van der Waals surface area contributed by atoms with Crippen LogP contribution in [0.25, 0.3) is 175 Å². The molecule has 0 radical (unpaired) electrons. The van der Waals surface area contributed by atoms with Crippen LogP contribution in [0.3, 0.4) is 0 Å². The van der Waals surface area contributed by atoms with E-state index in [-0.39, 0.29) is 0 Å². The van der Waals surface area contributed by atoms with Gasteiger partial charge in [-0.05, 0) is 373 Å². The van der Waals surface area contributed by atoms with Crippen molar-refractivity contribution < 1.29 is 35.4 Å². The van der Waals surface area contributed by atoms with E-state index in [4.69, 9.17) is 35.4 Å². The summed E-state index contributed by atoms with van der Waals surface area (Å²) >= 11 is 0. The zero-order valence-corrected chi connectivity index (χ0v) is 99.3. The molecule has 16 aromatic carbocycles. The van der Waals surface area contributed by atoms with Crippen molar-refractivity contribution in [2.75, 3.05) is 0 Å². The molecule has 16 heteroatoms. The zero-order valence-electron chi connectivity index (χ0n) is 91.3. The van der Waals surface area contributed by atoms with E-state index in [1.165, 1.54) is 0 Å². The Morgan fingerprint density at radius 3 is 0.292 bits per heavy atom. The molecule has 0 N–H and O–H groups in total. The molecular formula is C128H160O8Si8. The summed E-state index contributed by atoms with van der Waals surface area (Å²) in [5, 5.41) is 18.4. The molecule has 8 nitrogen and oxygen atoms in total. The highest BCUT2D eigenvalue weighted by Crippen LogP contribution is 2.57. The smallest absolute Gasteiger partial charge is 0.250 e. The highest BCUT2D eigenvalue weighted by Gasteiger charge is 2.43. The molecule has 16 aromatic rings. The van der Waals surface area contributed by atoms with Gasteiger partial charge in [0.05, 0.1) is 0 Å². The maximum atomic E-state index is 7.89. The molecule has 0 saturated carbocycles. The lowest BCUT2D eigenvalue weighted by Gasteiger charge is -2.33. The minimum Gasteiger partial charge on any atom is -0.543 e. The normalized spacial score (nSPS) is 12.8. The van der Waals surface area contributed by atoms with E-state index in [9.17, 15) is 0 Å². The van der Waals surface area contributed by atoms with Crippen molar-refractivity contribution in [1.29, 1.82) is 0 Å². The van der Waals surface area contributed by atoms with E-state index in [1.807, 2.05) is 0 Å². The van der Waals surface area contributed by atoms with Gasteiger partial charge in [-0.1, -0.05) is 312 Å². The molecule has 0 aromatic heterocycles. The van der Waals surface area contributed by atoms with Gasteiger partial charge in [-0.2, -0.15) is 0 Å². The number of rotatable bonds is 40. The summed E-state index contributed by atoms with van der Waals surface area (Å²) in [6.45, 7) is 56.5. The minimum absolute atomic E-state index is 0.942. The minimum atomic E-state index is -2.33. The van der Waals surface area contributed by atoms with Crippen LogP contribution in [0, 0.1) is 0 Å². The fourth-order valence-corrected chi connectivity index (χ4v) is 44.8. The Morgan fingerprint density at radius 2 is 0.208 bits per heavy atom. The fourth-order valence-electron chi connectivity index (χ4n) is 24.3. The Bertz CT molecular complexity index is 6040. The quantitative estimate of drug-likeness (QED) is 0.0352. The first-order valence-corrected chi connectivity index (χ1v) is 76.1. The highest BCUT2D eigenvalue weighted by atomic mass is 28.4. The summed E-state index contributed by atoms with van der Waals surface area (Å²) < 4.78 is 63.2. The van der Waals surface area contributed by atoms with E-state index in [0.29, 0.717) is 0 Å². The Balaban J connectivity index is 0.976. The molecular weight excluding hydrogens is 1890 g/mol. The van der Waals surface area contributed by atoms with Gasteiger partial charge in [-0.3, -0.25) is 0 Å². The standard InChI is InChI=1S/C128H160O8Si8/c1-25-137(26-2,27-3)129-113-73-57-97-81-89-49-65-105(97)121(113)122-106-66-50-90(82-98(106)58-74-114(122)130-138(28-4,29-5)30-6)92-52-68-108-100(84-92)60-76-116(132-140(34-10,35-11)36-12)124(108)126-110-70-54-94(86-102(110)62-78-118(126)134-142(40-16,41-17)42-18)96-56-72-112-104(88-96)64-80-120(136-144(46-22,47-23)48-24)128(112)127-111-71-55-95(87-103(111)63-79-119(127)135-143(43-19,44-20)45-21)93-53-69-109-101(85-93)61-77-117(133-141(37-13,38-14)39-15)125(109)123-107-67-51-91(89)83-99(107)59-75-115(123)131-139(31-7,32-8)33-9/h49-88H,25-48H2,1-24H3. The number of hydrogen-bond acceptors (Lipinski definition) is 8. The molecule has 40 rings (SSSR count). The molecule has 0 aliphatic heterocycles. The van der Waals surface area contributed by atoms with E-state index in [0.717, 1.165) is 366 Å². The number of benzene rings is 16. The van der Waals surface area contributed by atoms with Crippen molar-refractivity contribution in [3.8, 4) is 135 Å². The van der Waals surface area contributed by atoms with Crippen LogP contribution in [0.15, 0.2) is 243 Å². The van der Waals surface area contributed by atoms with Crippen molar-refractivity contribution in [2.24, 2.45) is 0 Å². The summed E-state index contributed by atoms with van der Waals surface area (Å²) in [5.74, 6) is 7.53. The van der Waals surface area contributed by atoms with Crippen molar-refractivity contribution in [1.82, 2.24) is 0 Å². The van der Waals surface area contributed by atoms with Crippen LogP contribution in [-0.2, 0) is 0 Å². The second kappa shape index (κ2) is 43.6. The third-order valence-corrected chi connectivity index (χ3v) is 72.4. The van der Waals surface area contributed by atoms with Crippen LogP contribution in [0.2, 0.25) is 145 Å². The monoisotopic (exact) mass is 2050 g/mol. The Morgan fingerprint density at radius 1 is 0.118 bits per heavy atom. The van der Waals surface area contributed by atoms with E-state index in [2.05, 4.69) is 409 Å². The lowest BCUT2D eigenvalue weighted by atomic mass is 9.88. The number of hydrogen-bond donors (Lipinski definition) is 0. The van der Waals surface area contributed by atoms with Gasteiger partial charge in [0.25, 0.3) is 66.5 Å². The third-order valence-electron chi connectivity index (χ3n) is 36.3. The Kier molecular flexibility index (Phi) is 31.9. The maximum absolute atomic E-state index is 7.89. The predicted octanol–water partition coefficient (Wildman–Crippen LogP) is 41.6. The molecule has 0 heterocycles. The molecule has 24 aliphatic carbocycles. The van der Waals surface area contributed by atoms with Gasteiger partial charge < -0.3 is 35.4 Å². The summed E-state index contributed by atoms with van der Waals surface area (Å²) in [5.41, 5.74) is 18.0. The van der Waals surface area contributed by atoms with Crippen LogP contribution >= 0.6 is 0 Å². The van der Waals surface area contributed by atoms with Gasteiger partial charge in [-0.15, -0.1) is 0 Å². The van der Waals surface area contributed by atoms with Gasteiger partial charge in [0.2, 0.25) is 0 Å². The second-order valence-electron chi connectivity index (χ2n) is 41.8. The van der Waals surface area contributed by atoms with Crippen molar-refractivity contribution in [2.45, 2.75) is 311 Å². The van der Waals surface area contributed by atoms with Crippen LogP contribution < -0.4 is 35.4 Å². The molecule has 0 saturated heterocycles. The first-order valence-electron chi connectivity index (χ1n) is 55.9. The molecule has 32 bridgehead atoms. The summed E-state index contributed by atoms with van der Waals surface area (Å²) in [7, 11) is -18.6. The molecule has 752 valence electrons. The molecule has 144 heavy (non-hydrogen) atoms. The van der Waals surface area contributed by atoms with Crippen molar-refractivity contribution in [3.05, 3.63) is 243 Å². The fraction of sp³-hybridized carbons (Fsp3) is 0.375. The SMILES string of the molecule is CC[Si](CC)(CC)Oc1ccc2cc3ccc2c1-c1c(O[Si](CC)(CC)CC)ccc2cc(ccc12)-c1ccc2c(c(O[Si](CC)(CC)CC)ccc2c1)-c1c(O[Si](CC)(CC)CC)ccc2cc(ccc12)-c1ccc2c(c(O[Si](CC)(CC)CC)ccc2c1)-c1c(O[Si](CC)(CC)CC)ccc2cc(ccc12)-c1ccc2c(c(O[Si](CC)(CC)CC)ccc2c1)-c1c(O[Si](CC)(CC)CC)ccc2cc-3ccc12. The van der Waals surface area contributed by atoms with E-state index >= 15 is 0 Å². The van der Waals surface area contributed by atoms with Gasteiger partial charge in [0.15, 0.2) is 0 Å². The average Bonchev–Trinajstić information content (AvgIpc) is 0.737. The van der Waals surface area contributed by atoms with Gasteiger partial charge in [0.1, 0.15) is 46.0 Å². The van der Waals surface area contributed by atoms with E-state index in [1.54, 1.807) is 0 Å². The van der Waals surface area contributed by atoms with Crippen molar-refractivity contribution in [3.63, 3.8) is 0 Å². The zero-order chi connectivity index (χ0) is 102. The maximum Gasteiger partial charge on any atom is 0.250 e. The van der Waals surface area contributed by atoms with Crippen LogP contribution in [0.5, 0.6) is 46.0 Å². The molecule has 0 amide bonds. The molecule has 0 unspecified atom stereocenters. The van der Waals surface area contributed by atoms with E-state index < -0.39 is 66.5 Å². The first kappa shape index (κ1) is 105. The second-order valence-corrected chi connectivity index (χ2v) is 79.3. The van der Waals surface area contributed by atoms with Crippen LogP contribution in [-0.4, -0.2) is 66.5 Å². The Labute approximate surface area is 870 Å². The molecule has 0 fully saturated rings. The average molecular weight is 2050 g/mol. The highest BCUT2D eigenvalue weighted by molar-refractivity contribution is 6.78. The molecule has 24 aliphatic rings. The lowest BCUT2D eigenvalue weighted by Crippen LogP contribution is -2.40. The first-order chi connectivity index (χ1) is 69.8. The summed E-state index contributed by atoms with van der Waals surface area (Å²) in [6.07, 6.45) is 0. The van der Waals surface area contributed by atoms with Crippen LogP contribution in [0.1, 0.15) is 166 Å². The molecule has 0 atom stereocenters. The third kappa shape index (κ3) is 19.3. The van der Waals surface area contributed by atoms with Crippen LogP contribution in [0.4, 0.5) is 0 Å². The largest absolute Gasteiger partial charge is 0.543 e. The summed E-state index contributed by atoms with van der Waals surface area (Å²) in [6, 6.07) is 119. The molecule has 0 spiro atoms. The van der Waals surface area contributed by atoms with Gasteiger partial charge in [-0.25, -0.2) is 0 Å². The summed E-state index contributed by atoms with van der Waals surface area (Å²) in [4.78, 5) is 0. The van der Waals surface area contributed by atoms with Gasteiger partial charge in [0, 0.05) is 44.5 Å². The van der Waals surface area contributed by atoms with Crippen molar-refractivity contribution >= 4 is 153 Å². The topological polar surface area (TPSA) is 73.8 Å².